The molecule has 0 saturated carbocycles. The Morgan fingerprint density at radius 3 is 2.84 bits per heavy atom. The minimum absolute atomic E-state index is 0.139. The Morgan fingerprint density at radius 1 is 1.26 bits per heavy atom. The fourth-order valence-electron chi connectivity index (χ4n) is 2.08. The third kappa shape index (κ3) is 2.25. The van der Waals surface area contributed by atoms with E-state index in [9.17, 15) is 4.79 Å². The van der Waals surface area contributed by atoms with Crippen molar-refractivity contribution >= 4 is 16.8 Å². The summed E-state index contributed by atoms with van der Waals surface area (Å²) in [6, 6.07) is 13.1. The van der Waals surface area contributed by atoms with Gasteiger partial charge in [0.05, 0.1) is 12.3 Å². The van der Waals surface area contributed by atoms with Crippen LogP contribution in [0.3, 0.4) is 0 Å². The number of aromatic nitrogens is 1. The number of carbonyl (C=O) groups excluding carboxylic acids is 1. The number of nitrogens with one attached hydrogen (secondary N) is 2. The van der Waals surface area contributed by atoms with Crippen molar-refractivity contribution in [1.82, 2.24) is 10.3 Å². The summed E-state index contributed by atoms with van der Waals surface area (Å²) >= 11 is 0. The van der Waals surface area contributed by atoms with Gasteiger partial charge in [-0.3, -0.25) is 4.79 Å². The average Bonchev–Trinajstić information content (AvgIpc) is 3.07. The maximum absolute atomic E-state index is 12.1. The van der Waals surface area contributed by atoms with E-state index in [4.69, 9.17) is 4.42 Å². The van der Waals surface area contributed by atoms with Crippen LogP contribution in [0.1, 0.15) is 29.2 Å². The summed E-state index contributed by atoms with van der Waals surface area (Å²) in [6.45, 7) is 1.89. The van der Waals surface area contributed by atoms with Gasteiger partial charge in [0.15, 0.2) is 0 Å². The molecular weight excluding hydrogens is 240 g/mol. The summed E-state index contributed by atoms with van der Waals surface area (Å²) in [7, 11) is 0. The first-order chi connectivity index (χ1) is 9.24. The maximum atomic E-state index is 12.1. The molecule has 1 amide bonds. The molecule has 0 spiro atoms. The Bertz CT molecular complexity index is 665. The lowest BCUT2D eigenvalue weighted by Gasteiger charge is -2.10. The number of furan rings is 1. The second-order valence-corrected chi connectivity index (χ2v) is 4.48. The van der Waals surface area contributed by atoms with E-state index in [0.717, 1.165) is 16.7 Å². The summed E-state index contributed by atoms with van der Waals surface area (Å²) in [4.78, 5) is 15.2. The summed E-state index contributed by atoms with van der Waals surface area (Å²) in [5.41, 5.74) is 1.51. The standard InChI is InChI=1S/C15H14N2O2/c1-10(14-7-4-8-19-14)16-15(18)13-9-11-5-2-3-6-12(11)17-13/h2-10,17H,1H3,(H,16,18). The van der Waals surface area contributed by atoms with Crippen LogP contribution in [-0.4, -0.2) is 10.9 Å². The van der Waals surface area contributed by atoms with Crippen LogP contribution in [0.2, 0.25) is 0 Å². The molecule has 2 aromatic heterocycles. The molecule has 0 aliphatic carbocycles. The molecule has 96 valence electrons. The van der Waals surface area contributed by atoms with Crippen molar-refractivity contribution in [3.8, 4) is 0 Å². The number of H-pyrrole nitrogens is 1. The average molecular weight is 254 g/mol. The van der Waals surface area contributed by atoms with E-state index in [1.54, 1.807) is 12.3 Å². The molecule has 1 unspecified atom stereocenters. The number of hydrogen-bond donors (Lipinski definition) is 2. The van der Waals surface area contributed by atoms with Gasteiger partial charge in [-0.2, -0.15) is 0 Å². The van der Waals surface area contributed by atoms with E-state index in [0.29, 0.717) is 5.69 Å². The fraction of sp³-hybridized carbons (Fsp3) is 0.133. The molecule has 0 bridgehead atoms. The Hall–Kier alpha value is -2.49. The first kappa shape index (κ1) is 11.6. The largest absolute Gasteiger partial charge is 0.467 e. The Balaban J connectivity index is 1.80. The Morgan fingerprint density at radius 2 is 2.11 bits per heavy atom. The van der Waals surface area contributed by atoms with Gasteiger partial charge in [0.25, 0.3) is 5.91 Å². The lowest BCUT2D eigenvalue weighted by atomic mass is 10.2. The van der Waals surface area contributed by atoms with Gasteiger partial charge < -0.3 is 14.7 Å². The molecule has 19 heavy (non-hydrogen) atoms. The van der Waals surface area contributed by atoms with E-state index in [1.807, 2.05) is 43.3 Å². The Kier molecular flexibility index (Phi) is 2.83. The molecule has 0 radical (unpaired) electrons. The zero-order valence-corrected chi connectivity index (χ0v) is 10.5. The molecule has 1 aromatic carbocycles. The third-order valence-corrected chi connectivity index (χ3v) is 3.09. The summed E-state index contributed by atoms with van der Waals surface area (Å²) < 4.78 is 5.27. The normalized spacial score (nSPS) is 12.5. The maximum Gasteiger partial charge on any atom is 0.268 e. The molecule has 0 aliphatic rings. The van der Waals surface area contributed by atoms with Gasteiger partial charge in [-0.05, 0) is 31.2 Å². The van der Waals surface area contributed by atoms with Crippen LogP contribution in [0.4, 0.5) is 0 Å². The summed E-state index contributed by atoms with van der Waals surface area (Å²) in [5, 5.41) is 3.92. The predicted molar refractivity (Wildman–Crippen MR) is 72.9 cm³/mol. The highest BCUT2D eigenvalue weighted by Gasteiger charge is 2.14. The smallest absolute Gasteiger partial charge is 0.268 e. The second-order valence-electron chi connectivity index (χ2n) is 4.48. The second kappa shape index (κ2) is 4.65. The lowest BCUT2D eigenvalue weighted by molar-refractivity contribution is 0.0931. The number of para-hydroxylation sites is 1. The molecule has 1 atom stereocenters. The lowest BCUT2D eigenvalue weighted by Crippen LogP contribution is -2.26. The molecule has 2 heterocycles. The highest BCUT2D eigenvalue weighted by Crippen LogP contribution is 2.16. The highest BCUT2D eigenvalue weighted by molar-refractivity contribution is 5.98. The van der Waals surface area contributed by atoms with E-state index < -0.39 is 0 Å². The van der Waals surface area contributed by atoms with E-state index in [-0.39, 0.29) is 11.9 Å². The van der Waals surface area contributed by atoms with Crippen molar-refractivity contribution in [2.24, 2.45) is 0 Å². The highest BCUT2D eigenvalue weighted by atomic mass is 16.3. The fourth-order valence-corrected chi connectivity index (χ4v) is 2.08. The minimum Gasteiger partial charge on any atom is -0.467 e. The molecule has 3 aromatic rings. The van der Waals surface area contributed by atoms with Gasteiger partial charge in [-0.1, -0.05) is 18.2 Å². The molecule has 4 heteroatoms. The number of aromatic amines is 1. The van der Waals surface area contributed by atoms with Gasteiger partial charge >= 0.3 is 0 Å². The number of carbonyl (C=O) groups is 1. The van der Waals surface area contributed by atoms with Crippen LogP contribution in [-0.2, 0) is 0 Å². The van der Waals surface area contributed by atoms with Crippen molar-refractivity contribution < 1.29 is 9.21 Å². The van der Waals surface area contributed by atoms with Gasteiger partial charge in [0, 0.05) is 10.9 Å². The quantitative estimate of drug-likeness (QED) is 0.753. The molecule has 0 saturated heterocycles. The van der Waals surface area contributed by atoms with Gasteiger partial charge in [-0.25, -0.2) is 0 Å². The SMILES string of the molecule is CC(NC(=O)c1cc2ccccc2[nH]1)c1ccco1. The van der Waals surface area contributed by atoms with Crippen LogP contribution in [0, 0.1) is 0 Å². The van der Waals surface area contributed by atoms with Crippen molar-refractivity contribution in [2.75, 3.05) is 0 Å². The zero-order chi connectivity index (χ0) is 13.2. The van der Waals surface area contributed by atoms with E-state index >= 15 is 0 Å². The molecule has 4 nitrogen and oxygen atoms in total. The first-order valence-electron chi connectivity index (χ1n) is 6.16. The van der Waals surface area contributed by atoms with Crippen molar-refractivity contribution in [2.45, 2.75) is 13.0 Å². The van der Waals surface area contributed by atoms with Gasteiger partial charge in [0.1, 0.15) is 11.5 Å². The molecule has 3 rings (SSSR count). The van der Waals surface area contributed by atoms with Crippen molar-refractivity contribution in [3.63, 3.8) is 0 Å². The van der Waals surface area contributed by atoms with E-state index in [1.165, 1.54) is 0 Å². The minimum atomic E-state index is -0.158. The van der Waals surface area contributed by atoms with Gasteiger partial charge in [-0.15, -0.1) is 0 Å². The number of amides is 1. The Labute approximate surface area is 110 Å². The van der Waals surface area contributed by atoms with Crippen LogP contribution >= 0.6 is 0 Å². The summed E-state index contributed by atoms with van der Waals surface area (Å²) in [6.07, 6.45) is 1.60. The number of rotatable bonds is 3. The van der Waals surface area contributed by atoms with Crippen molar-refractivity contribution in [3.05, 3.63) is 60.2 Å². The monoisotopic (exact) mass is 254 g/mol. The molecule has 2 N–H and O–H groups in total. The van der Waals surface area contributed by atoms with Gasteiger partial charge in [0.2, 0.25) is 0 Å². The van der Waals surface area contributed by atoms with Crippen LogP contribution in [0.5, 0.6) is 0 Å². The first-order valence-corrected chi connectivity index (χ1v) is 6.16. The number of hydrogen-bond acceptors (Lipinski definition) is 2. The molecular formula is C15H14N2O2. The zero-order valence-electron chi connectivity index (χ0n) is 10.5. The van der Waals surface area contributed by atoms with Crippen LogP contribution < -0.4 is 5.32 Å². The topological polar surface area (TPSA) is 58.0 Å². The molecule has 0 fully saturated rings. The van der Waals surface area contributed by atoms with Crippen LogP contribution in [0.15, 0.2) is 53.1 Å². The number of benzene rings is 1. The predicted octanol–water partition coefficient (Wildman–Crippen LogP) is 3.25. The number of fused-ring (bicyclic) bond motifs is 1. The van der Waals surface area contributed by atoms with E-state index in [2.05, 4.69) is 10.3 Å². The summed E-state index contributed by atoms with van der Waals surface area (Å²) in [5.74, 6) is 0.601. The molecule has 0 aliphatic heterocycles. The van der Waals surface area contributed by atoms with Crippen LogP contribution in [0.25, 0.3) is 10.9 Å². The third-order valence-electron chi connectivity index (χ3n) is 3.09. The van der Waals surface area contributed by atoms with Crippen molar-refractivity contribution in [1.29, 1.82) is 0 Å².